The highest BCUT2D eigenvalue weighted by Gasteiger charge is 2.18. The number of nitrogens with two attached hydrogens (primary N) is 1. The summed E-state index contributed by atoms with van der Waals surface area (Å²) in [6.45, 7) is -0.670. The summed E-state index contributed by atoms with van der Waals surface area (Å²) in [6.07, 6.45) is 1.25. The molecule has 0 unspecified atom stereocenters. The predicted octanol–water partition coefficient (Wildman–Crippen LogP) is -1.50. The van der Waals surface area contributed by atoms with Gasteiger partial charge in [0.25, 0.3) is 5.91 Å². The highest BCUT2D eigenvalue weighted by molar-refractivity contribution is 7.89. The first-order valence-corrected chi connectivity index (χ1v) is 6.97. The van der Waals surface area contributed by atoms with Crippen molar-refractivity contribution in [3.63, 3.8) is 0 Å². The van der Waals surface area contributed by atoms with E-state index < -0.39 is 28.5 Å². The van der Waals surface area contributed by atoms with E-state index in [9.17, 15) is 18.0 Å². The monoisotopic (exact) mass is 305 g/mol. The largest absolute Gasteiger partial charge is 0.480 e. The van der Waals surface area contributed by atoms with Gasteiger partial charge in [0.15, 0.2) is 0 Å². The fourth-order valence-corrected chi connectivity index (χ4v) is 2.50. The summed E-state index contributed by atoms with van der Waals surface area (Å²) >= 11 is 0. The van der Waals surface area contributed by atoms with Gasteiger partial charge in [0.05, 0.1) is 6.61 Å². The van der Waals surface area contributed by atoms with Gasteiger partial charge in [-0.15, -0.1) is 0 Å². The highest BCUT2D eigenvalue weighted by atomic mass is 32.2. The second kappa shape index (κ2) is 6.50. The van der Waals surface area contributed by atoms with E-state index >= 15 is 0 Å². The van der Waals surface area contributed by atoms with E-state index in [2.05, 4.69) is 9.46 Å². The molecule has 9 nitrogen and oxygen atoms in total. The number of aryl methyl sites for hydroxylation is 1. The van der Waals surface area contributed by atoms with E-state index in [1.54, 1.807) is 0 Å². The number of carbonyl (C=O) groups is 2. The second-order valence-corrected chi connectivity index (χ2v) is 5.65. The molecule has 4 N–H and O–H groups in total. The van der Waals surface area contributed by atoms with Gasteiger partial charge in [0.1, 0.15) is 17.2 Å². The van der Waals surface area contributed by atoms with Crippen LogP contribution in [0.4, 0.5) is 0 Å². The lowest BCUT2D eigenvalue weighted by Crippen LogP contribution is -2.27. The van der Waals surface area contributed by atoms with Crippen molar-refractivity contribution in [1.29, 1.82) is 0 Å². The fraction of sp³-hybridized carbons (Fsp3) is 0.400. The Morgan fingerprint density at radius 2 is 2.15 bits per heavy atom. The maximum atomic E-state index is 11.9. The minimum Gasteiger partial charge on any atom is -0.480 e. The zero-order valence-corrected chi connectivity index (χ0v) is 11.5. The maximum Gasteiger partial charge on any atom is 0.329 e. The van der Waals surface area contributed by atoms with Crippen molar-refractivity contribution in [2.75, 3.05) is 19.8 Å². The van der Waals surface area contributed by atoms with E-state index in [4.69, 9.17) is 10.8 Å². The number of carboxylic acid groups (broad SMARTS) is 1. The van der Waals surface area contributed by atoms with Gasteiger partial charge in [0, 0.05) is 19.8 Å². The molecular formula is C10H15N3O6S. The zero-order chi connectivity index (χ0) is 15.3. The number of aromatic nitrogens is 1. The van der Waals surface area contributed by atoms with E-state index in [0.717, 1.165) is 6.07 Å². The van der Waals surface area contributed by atoms with Crippen LogP contribution in [0.1, 0.15) is 10.5 Å². The number of aliphatic carboxylic acids is 1. The van der Waals surface area contributed by atoms with E-state index in [0.29, 0.717) is 0 Å². The predicted molar refractivity (Wildman–Crippen MR) is 67.6 cm³/mol. The van der Waals surface area contributed by atoms with Crippen LogP contribution in [0.15, 0.2) is 17.2 Å². The Morgan fingerprint density at radius 3 is 2.65 bits per heavy atom. The number of ether oxygens (including phenoxy) is 1. The Bertz CT molecular complexity index is 607. The molecule has 1 rings (SSSR count). The third kappa shape index (κ3) is 4.33. The van der Waals surface area contributed by atoms with Crippen LogP contribution in [0.25, 0.3) is 0 Å². The van der Waals surface area contributed by atoms with E-state index in [-0.39, 0.29) is 23.7 Å². The van der Waals surface area contributed by atoms with Crippen LogP contribution in [0.5, 0.6) is 0 Å². The topological polar surface area (TPSA) is 141 Å². The quantitative estimate of drug-likeness (QED) is 0.499. The molecule has 0 saturated carbocycles. The van der Waals surface area contributed by atoms with Crippen molar-refractivity contribution < 1.29 is 27.9 Å². The van der Waals surface area contributed by atoms with Gasteiger partial charge >= 0.3 is 5.97 Å². The molecule has 1 amide bonds. The fourth-order valence-electron chi connectivity index (χ4n) is 1.42. The van der Waals surface area contributed by atoms with Gasteiger partial charge < -0.3 is 20.1 Å². The zero-order valence-electron chi connectivity index (χ0n) is 10.7. The standard InChI is InChI=1S/C10H15N3O6S/c1-13-5-7(4-8(13)10(11)16)20(17,18)12-2-3-19-6-9(14)15/h4-5,12H,2-3,6H2,1H3,(H2,11,16)(H,14,15). The van der Waals surface area contributed by atoms with Crippen molar-refractivity contribution in [2.24, 2.45) is 12.8 Å². The SMILES string of the molecule is Cn1cc(S(=O)(=O)NCCOCC(=O)O)cc1C(N)=O. The van der Waals surface area contributed by atoms with Gasteiger partial charge in [-0.25, -0.2) is 17.9 Å². The molecule has 0 aliphatic rings. The van der Waals surface area contributed by atoms with E-state index in [1.165, 1.54) is 17.8 Å². The molecule has 0 aromatic carbocycles. The number of nitrogens with zero attached hydrogens (tertiary/aromatic N) is 1. The average Bonchev–Trinajstić information content (AvgIpc) is 2.71. The summed E-state index contributed by atoms with van der Waals surface area (Å²) in [5, 5.41) is 8.33. The molecule has 0 aliphatic carbocycles. The molecule has 1 heterocycles. The van der Waals surface area contributed by atoms with E-state index in [1.807, 2.05) is 0 Å². The molecule has 0 atom stereocenters. The van der Waals surface area contributed by atoms with Crippen LogP contribution in [0.3, 0.4) is 0 Å². The van der Waals surface area contributed by atoms with Gasteiger partial charge in [-0.2, -0.15) is 0 Å². The number of hydrogen-bond acceptors (Lipinski definition) is 5. The third-order valence-electron chi connectivity index (χ3n) is 2.31. The number of primary amides is 1. The van der Waals surface area contributed by atoms with Crippen LogP contribution in [0.2, 0.25) is 0 Å². The summed E-state index contributed by atoms with van der Waals surface area (Å²) in [5.41, 5.74) is 5.15. The molecule has 0 aliphatic heterocycles. The summed E-state index contributed by atoms with van der Waals surface area (Å²) in [5.74, 6) is -1.87. The highest BCUT2D eigenvalue weighted by Crippen LogP contribution is 2.12. The number of nitrogens with one attached hydrogen (secondary N) is 1. The first kappa shape index (κ1) is 16.1. The first-order chi connectivity index (χ1) is 9.24. The number of sulfonamides is 1. The lowest BCUT2D eigenvalue weighted by molar-refractivity contribution is -0.142. The number of carbonyl (C=O) groups excluding carboxylic acids is 1. The Labute approximate surface area is 115 Å². The molecule has 1 aromatic heterocycles. The number of hydrogen-bond donors (Lipinski definition) is 3. The summed E-state index contributed by atoms with van der Waals surface area (Å²) in [6, 6.07) is 1.16. The van der Waals surface area contributed by atoms with Crippen LogP contribution < -0.4 is 10.5 Å². The van der Waals surface area contributed by atoms with Crippen molar-refractivity contribution in [3.05, 3.63) is 18.0 Å². The lowest BCUT2D eigenvalue weighted by atomic mass is 10.4. The average molecular weight is 305 g/mol. The van der Waals surface area contributed by atoms with Crippen molar-refractivity contribution in [2.45, 2.75) is 4.90 Å². The number of carboxylic acids is 1. The second-order valence-electron chi connectivity index (χ2n) is 3.88. The van der Waals surface area contributed by atoms with Crippen LogP contribution in [-0.2, 0) is 26.6 Å². The smallest absolute Gasteiger partial charge is 0.329 e. The first-order valence-electron chi connectivity index (χ1n) is 5.49. The normalized spacial score (nSPS) is 11.4. The molecular weight excluding hydrogens is 290 g/mol. The number of rotatable bonds is 8. The Kier molecular flexibility index (Phi) is 5.25. The molecule has 112 valence electrons. The number of amides is 1. The Balaban J connectivity index is 2.63. The van der Waals surface area contributed by atoms with Crippen molar-refractivity contribution >= 4 is 21.9 Å². The third-order valence-corrected chi connectivity index (χ3v) is 3.73. The molecule has 0 spiro atoms. The molecule has 1 aromatic rings. The summed E-state index contributed by atoms with van der Waals surface area (Å²) < 4.78 is 31.9. The molecule has 10 heteroatoms. The summed E-state index contributed by atoms with van der Waals surface area (Å²) in [7, 11) is -2.31. The van der Waals surface area contributed by atoms with Crippen LogP contribution in [0, 0.1) is 0 Å². The van der Waals surface area contributed by atoms with Crippen LogP contribution >= 0.6 is 0 Å². The van der Waals surface area contributed by atoms with Gasteiger partial charge in [0.2, 0.25) is 10.0 Å². The van der Waals surface area contributed by atoms with Gasteiger partial charge in [-0.1, -0.05) is 0 Å². The molecule has 20 heavy (non-hydrogen) atoms. The maximum absolute atomic E-state index is 11.9. The minimum atomic E-state index is -3.80. The minimum absolute atomic E-state index is 0.0625. The van der Waals surface area contributed by atoms with Crippen molar-refractivity contribution in [1.82, 2.24) is 9.29 Å². The molecule has 0 radical (unpaired) electrons. The van der Waals surface area contributed by atoms with Gasteiger partial charge in [-0.3, -0.25) is 4.79 Å². The summed E-state index contributed by atoms with van der Waals surface area (Å²) in [4.78, 5) is 21.1. The van der Waals surface area contributed by atoms with Gasteiger partial charge in [-0.05, 0) is 6.07 Å². The Morgan fingerprint density at radius 1 is 1.50 bits per heavy atom. The van der Waals surface area contributed by atoms with Crippen molar-refractivity contribution in [3.8, 4) is 0 Å². The lowest BCUT2D eigenvalue weighted by Gasteiger charge is -2.04. The van der Waals surface area contributed by atoms with Crippen LogP contribution in [-0.4, -0.2) is 49.7 Å². The molecule has 0 bridgehead atoms. The molecule has 0 saturated heterocycles. The molecule has 0 fully saturated rings. The Hall–Kier alpha value is -1.91.